The van der Waals surface area contributed by atoms with E-state index in [1.54, 1.807) is 32.0 Å². The van der Waals surface area contributed by atoms with Crippen LogP contribution in [0.5, 0.6) is 0 Å². The maximum atomic E-state index is 12.3. The van der Waals surface area contributed by atoms with Crippen LogP contribution in [0.2, 0.25) is 10.0 Å². The third kappa shape index (κ3) is 4.74. The minimum absolute atomic E-state index is 0.0395. The van der Waals surface area contributed by atoms with Gasteiger partial charge in [-0.15, -0.1) is 5.10 Å². The molecule has 1 aromatic carbocycles. The molecule has 0 radical (unpaired) electrons. The van der Waals surface area contributed by atoms with E-state index in [2.05, 4.69) is 15.4 Å². The zero-order valence-electron chi connectivity index (χ0n) is 14.9. The zero-order valence-corrected chi connectivity index (χ0v) is 16.4. The Hall–Kier alpha value is -2.12. The predicted octanol–water partition coefficient (Wildman–Crippen LogP) is 3.38. The van der Waals surface area contributed by atoms with Crippen LogP contribution in [0, 0.1) is 0 Å². The van der Waals surface area contributed by atoms with Gasteiger partial charge in [0.2, 0.25) is 5.82 Å². The normalized spacial score (nSPS) is 11.1. The van der Waals surface area contributed by atoms with Gasteiger partial charge in [0.05, 0.1) is 16.1 Å². The summed E-state index contributed by atoms with van der Waals surface area (Å²) in [5.41, 5.74) is 0.449. The topological polar surface area (TPSA) is 86.1 Å². The highest BCUT2D eigenvalue weighted by atomic mass is 35.5. The van der Waals surface area contributed by atoms with Gasteiger partial charge < -0.3 is 10.1 Å². The molecular weight excluding hydrogens is 379 g/mol. The maximum absolute atomic E-state index is 12.3. The summed E-state index contributed by atoms with van der Waals surface area (Å²) in [4.78, 5) is 28.1. The molecule has 1 heterocycles. The predicted molar refractivity (Wildman–Crippen MR) is 99.0 cm³/mol. The number of halogens is 2. The Bertz CT molecular complexity index is 798. The number of hydrogen-bond acceptors (Lipinski definition) is 5. The summed E-state index contributed by atoms with van der Waals surface area (Å²) in [6.07, 6.45) is -0.258. The number of carbonyl (C=O) groups excluding carboxylic acids is 2. The molecule has 0 saturated carbocycles. The van der Waals surface area contributed by atoms with Gasteiger partial charge in [-0.25, -0.2) is 9.67 Å². The first-order chi connectivity index (χ1) is 12.2. The third-order valence-electron chi connectivity index (χ3n) is 3.26. The van der Waals surface area contributed by atoms with Crippen molar-refractivity contribution in [3.8, 4) is 5.69 Å². The van der Waals surface area contributed by atoms with E-state index < -0.39 is 11.9 Å². The van der Waals surface area contributed by atoms with Gasteiger partial charge in [0, 0.05) is 5.92 Å². The minimum Gasteiger partial charge on any atom is -0.462 e. The van der Waals surface area contributed by atoms with E-state index in [1.165, 1.54) is 4.68 Å². The molecule has 9 heteroatoms. The lowest BCUT2D eigenvalue weighted by molar-refractivity contribution is -0.146. The Morgan fingerprint density at radius 3 is 2.35 bits per heavy atom. The number of hydrogen-bond donors (Lipinski definition) is 1. The van der Waals surface area contributed by atoms with Crippen LogP contribution in [0.25, 0.3) is 5.69 Å². The molecule has 0 aliphatic heterocycles. The van der Waals surface area contributed by atoms with E-state index >= 15 is 0 Å². The molecule has 140 valence electrons. The largest absolute Gasteiger partial charge is 0.462 e. The first-order valence-electron chi connectivity index (χ1n) is 8.09. The fraction of sp³-hybridized carbons (Fsp3) is 0.412. The Morgan fingerprint density at radius 1 is 1.19 bits per heavy atom. The first kappa shape index (κ1) is 20.2. The molecule has 0 bridgehead atoms. The van der Waals surface area contributed by atoms with Crippen molar-refractivity contribution in [3.05, 3.63) is 39.9 Å². The number of rotatable bonds is 6. The summed E-state index contributed by atoms with van der Waals surface area (Å²) in [5.74, 6) is -0.722. The number of nitrogens with one attached hydrogen (secondary N) is 1. The monoisotopic (exact) mass is 398 g/mol. The van der Waals surface area contributed by atoms with Crippen molar-refractivity contribution in [3.63, 3.8) is 0 Å². The average molecular weight is 399 g/mol. The molecule has 0 atom stereocenters. The molecule has 0 fully saturated rings. The highest BCUT2D eigenvalue weighted by Gasteiger charge is 2.22. The Kier molecular flexibility index (Phi) is 6.61. The Morgan fingerprint density at radius 2 is 1.81 bits per heavy atom. The summed E-state index contributed by atoms with van der Waals surface area (Å²) in [7, 11) is 0. The minimum atomic E-state index is -0.588. The number of ether oxygens (including phenoxy) is 1. The smallest absolute Gasteiger partial charge is 0.325 e. The highest BCUT2D eigenvalue weighted by molar-refractivity contribution is 6.37. The van der Waals surface area contributed by atoms with Gasteiger partial charge in [0.15, 0.2) is 0 Å². The Balaban J connectivity index is 2.29. The molecule has 0 saturated heterocycles. The molecule has 7 nitrogen and oxygen atoms in total. The first-order valence-corrected chi connectivity index (χ1v) is 8.85. The van der Waals surface area contributed by atoms with Gasteiger partial charge in [0.25, 0.3) is 5.91 Å². The molecule has 2 rings (SSSR count). The number of esters is 1. The molecule has 0 aliphatic carbocycles. The van der Waals surface area contributed by atoms with Crippen LogP contribution in [0.4, 0.5) is 0 Å². The molecule has 1 N–H and O–H groups in total. The number of amides is 1. The van der Waals surface area contributed by atoms with Crippen LogP contribution in [-0.2, 0) is 9.53 Å². The standard InChI is InChI=1S/C17H20Cl2N4O3/c1-9(2)16-21-15(17(25)20-8-13(24)26-10(3)4)22-23(16)14-11(18)6-5-7-12(14)19/h5-7,9-10H,8H2,1-4H3,(H,20,25). The van der Waals surface area contributed by atoms with E-state index in [0.717, 1.165) is 0 Å². The van der Waals surface area contributed by atoms with Crippen molar-refractivity contribution in [2.75, 3.05) is 6.54 Å². The van der Waals surface area contributed by atoms with E-state index in [-0.39, 0.29) is 24.4 Å². The lowest BCUT2D eigenvalue weighted by Gasteiger charge is -2.11. The van der Waals surface area contributed by atoms with Crippen molar-refractivity contribution in [2.45, 2.75) is 39.7 Å². The molecule has 1 amide bonds. The second-order valence-electron chi connectivity index (χ2n) is 6.15. The van der Waals surface area contributed by atoms with Crippen molar-refractivity contribution < 1.29 is 14.3 Å². The van der Waals surface area contributed by atoms with E-state index in [4.69, 9.17) is 27.9 Å². The SMILES string of the molecule is CC(C)OC(=O)CNC(=O)c1nc(C(C)C)n(-c2c(Cl)cccc2Cl)n1. The summed E-state index contributed by atoms with van der Waals surface area (Å²) in [6.45, 7) is 7.01. The quantitative estimate of drug-likeness (QED) is 0.753. The molecule has 0 aliphatic rings. The number of benzene rings is 1. The summed E-state index contributed by atoms with van der Waals surface area (Å²) in [5, 5.41) is 7.45. The van der Waals surface area contributed by atoms with Gasteiger partial charge in [-0.05, 0) is 26.0 Å². The fourth-order valence-electron chi connectivity index (χ4n) is 2.19. The van der Waals surface area contributed by atoms with Crippen molar-refractivity contribution >= 4 is 35.1 Å². The second-order valence-corrected chi connectivity index (χ2v) is 6.97. The fourth-order valence-corrected chi connectivity index (χ4v) is 2.74. The van der Waals surface area contributed by atoms with Crippen LogP contribution >= 0.6 is 23.2 Å². The van der Waals surface area contributed by atoms with Gasteiger partial charge in [0.1, 0.15) is 18.1 Å². The summed E-state index contributed by atoms with van der Waals surface area (Å²) >= 11 is 12.5. The zero-order chi connectivity index (χ0) is 19.4. The maximum Gasteiger partial charge on any atom is 0.325 e. The van der Waals surface area contributed by atoms with Crippen LogP contribution in [0.15, 0.2) is 18.2 Å². The lowest BCUT2D eigenvalue weighted by Crippen LogP contribution is -2.32. The summed E-state index contributed by atoms with van der Waals surface area (Å²) in [6, 6.07) is 5.07. The molecule has 0 unspecified atom stereocenters. The van der Waals surface area contributed by atoms with Crippen LogP contribution in [0.1, 0.15) is 50.1 Å². The molecule has 1 aromatic heterocycles. The van der Waals surface area contributed by atoms with Gasteiger partial charge in [-0.2, -0.15) is 0 Å². The lowest BCUT2D eigenvalue weighted by atomic mass is 10.2. The molecular formula is C17H20Cl2N4O3. The van der Waals surface area contributed by atoms with E-state index in [0.29, 0.717) is 21.6 Å². The van der Waals surface area contributed by atoms with Crippen LogP contribution in [-0.4, -0.2) is 39.3 Å². The van der Waals surface area contributed by atoms with Gasteiger partial charge >= 0.3 is 5.97 Å². The molecule has 2 aromatic rings. The number of carbonyl (C=O) groups is 2. The van der Waals surface area contributed by atoms with Crippen LogP contribution < -0.4 is 5.32 Å². The van der Waals surface area contributed by atoms with Crippen molar-refractivity contribution in [1.82, 2.24) is 20.1 Å². The molecule has 26 heavy (non-hydrogen) atoms. The average Bonchev–Trinajstić information content (AvgIpc) is 2.97. The number of nitrogens with zero attached hydrogens (tertiary/aromatic N) is 3. The van der Waals surface area contributed by atoms with E-state index in [1.807, 2.05) is 13.8 Å². The van der Waals surface area contributed by atoms with Gasteiger partial charge in [-0.3, -0.25) is 9.59 Å². The van der Waals surface area contributed by atoms with Gasteiger partial charge in [-0.1, -0.05) is 43.1 Å². The van der Waals surface area contributed by atoms with E-state index in [9.17, 15) is 9.59 Å². The number of aromatic nitrogens is 3. The molecule has 0 spiro atoms. The third-order valence-corrected chi connectivity index (χ3v) is 3.87. The summed E-state index contributed by atoms with van der Waals surface area (Å²) < 4.78 is 6.42. The van der Waals surface area contributed by atoms with Crippen LogP contribution in [0.3, 0.4) is 0 Å². The number of para-hydroxylation sites is 1. The van der Waals surface area contributed by atoms with Crippen molar-refractivity contribution in [1.29, 1.82) is 0 Å². The highest BCUT2D eigenvalue weighted by Crippen LogP contribution is 2.30. The van der Waals surface area contributed by atoms with Crippen molar-refractivity contribution in [2.24, 2.45) is 0 Å². The second kappa shape index (κ2) is 8.51. The Labute approximate surface area is 161 Å².